The number of carbonyl (C=O) groups excluding carboxylic acids is 1. The molecule has 1 N–H and O–H groups in total. The van der Waals surface area contributed by atoms with Gasteiger partial charge in [-0.3, -0.25) is 4.79 Å². The highest BCUT2D eigenvalue weighted by atomic mass is 32.2. The van der Waals surface area contributed by atoms with Crippen molar-refractivity contribution in [1.82, 2.24) is 25.1 Å². The Bertz CT molecular complexity index is 869. The Morgan fingerprint density at radius 1 is 1.30 bits per heavy atom. The van der Waals surface area contributed by atoms with E-state index in [4.69, 9.17) is 6.42 Å². The van der Waals surface area contributed by atoms with E-state index in [9.17, 15) is 4.79 Å². The summed E-state index contributed by atoms with van der Waals surface area (Å²) >= 11 is 1.33. The number of amides is 1. The largest absolute Gasteiger partial charge is 0.344 e. The van der Waals surface area contributed by atoms with Crippen molar-refractivity contribution in [3.63, 3.8) is 0 Å². The van der Waals surface area contributed by atoms with Crippen LogP contribution >= 0.6 is 11.8 Å². The number of nitrogens with one attached hydrogen (secondary N) is 1. The second-order valence-electron chi connectivity index (χ2n) is 4.58. The van der Waals surface area contributed by atoms with Crippen molar-refractivity contribution in [2.24, 2.45) is 0 Å². The van der Waals surface area contributed by atoms with E-state index in [1.807, 2.05) is 30.3 Å². The van der Waals surface area contributed by atoms with Gasteiger partial charge in [-0.2, -0.15) is 5.10 Å². The molecule has 1 amide bonds. The van der Waals surface area contributed by atoms with E-state index in [0.29, 0.717) is 10.7 Å². The van der Waals surface area contributed by atoms with Crippen molar-refractivity contribution in [1.29, 1.82) is 0 Å². The van der Waals surface area contributed by atoms with E-state index in [0.717, 1.165) is 11.1 Å². The summed E-state index contributed by atoms with van der Waals surface area (Å²) in [5.74, 6) is 2.48. The van der Waals surface area contributed by atoms with Crippen LogP contribution in [0.15, 0.2) is 47.9 Å². The van der Waals surface area contributed by atoms with Crippen LogP contribution in [-0.2, 0) is 4.79 Å². The maximum Gasteiger partial charge on any atom is 0.231 e. The Morgan fingerprint density at radius 3 is 2.91 bits per heavy atom. The van der Waals surface area contributed by atoms with Gasteiger partial charge in [0.2, 0.25) is 5.91 Å². The molecule has 23 heavy (non-hydrogen) atoms. The Morgan fingerprint density at radius 2 is 2.13 bits per heavy atom. The molecule has 0 aliphatic rings. The summed E-state index contributed by atoms with van der Waals surface area (Å²) in [6.07, 6.45) is 8.30. The number of terminal acetylenes is 1. The molecule has 3 aromatic rings. The van der Waals surface area contributed by atoms with Gasteiger partial charge in [-0.05, 0) is 12.1 Å². The van der Waals surface area contributed by atoms with E-state index in [1.165, 1.54) is 18.1 Å². The van der Waals surface area contributed by atoms with Gasteiger partial charge in [0.05, 0.1) is 29.6 Å². The molecule has 0 unspecified atom stereocenters. The molecular weight excluding hydrogens is 310 g/mol. The van der Waals surface area contributed by atoms with Crippen LogP contribution in [0.25, 0.3) is 16.7 Å². The summed E-state index contributed by atoms with van der Waals surface area (Å²) in [7, 11) is 0. The molecule has 2 aromatic heterocycles. The summed E-state index contributed by atoms with van der Waals surface area (Å²) in [5, 5.41) is 8.53. The Labute approximate surface area is 137 Å². The first kappa shape index (κ1) is 15.1. The fraction of sp³-hybridized carbons (Fsp3) is 0.125. The fourth-order valence-electron chi connectivity index (χ4n) is 2.03. The number of para-hydroxylation sites is 1. The average molecular weight is 323 g/mol. The Kier molecular flexibility index (Phi) is 4.54. The lowest BCUT2D eigenvalue weighted by Gasteiger charge is -2.04. The monoisotopic (exact) mass is 323 g/mol. The summed E-state index contributed by atoms with van der Waals surface area (Å²) in [6, 6.07) is 9.73. The normalized spacial score (nSPS) is 10.4. The molecule has 7 heteroatoms. The summed E-state index contributed by atoms with van der Waals surface area (Å²) in [4.78, 5) is 20.2. The number of aromatic nitrogens is 4. The molecule has 0 saturated carbocycles. The van der Waals surface area contributed by atoms with E-state index in [-0.39, 0.29) is 18.2 Å². The van der Waals surface area contributed by atoms with Crippen LogP contribution < -0.4 is 5.32 Å². The van der Waals surface area contributed by atoms with Crippen LogP contribution in [0.5, 0.6) is 0 Å². The van der Waals surface area contributed by atoms with Crippen LogP contribution in [0.2, 0.25) is 0 Å². The van der Waals surface area contributed by atoms with Gasteiger partial charge in [0.25, 0.3) is 0 Å². The number of thioether (sulfide) groups is 1. The van der Waals surface area contributed by atoms with E-state index < -0.39 is 0 Å². The van der Waals surface area contributed by atoms with Crippen LogP contribution in [-0.4, -0.2) is 38.0 Å². The minimum absolute atomic E-state index is 0.129. The first-order chi connectivity index (χ1) is 11.3. The molecule has 2 heterocycles. The van der Waals surface area contributed by atoms with Crippen LogP contribution in [0, 0.1) is 12.3 Å². The first-order valence-electron chi connectivity index (χ1n) is 6.86. The first-order valence-corrected chi connectivity index (χ1v) is 7.85. The molecule has 1 aromatic carbocycles. The molecule has 0 aliphatic carbocycles. The zero-order valence-electron chi connectivity index (χ0n) is 12.1. The molecule has 3 rings (SSSR count). The highest BCUT2D eigenvalue weighted by Crippen LogP contribution is 2.25. The molecule has 0 atom stereocenters. The zero-order chi connectivity index (χ0) is 16.1. The fourth-order valence-corrected chi connectivity index (χ4v) is 2.82. The number of carbonyl (C=O) groups is 1. The van der Waals surface area contributed by atoms with Crippen molar-refractivity contribution in [2.75, 3.05) is 12.3 Å². The van der Waals surface area contributed by atoms with Crippen molar-refractivity contribution in [3.05, 3.63) is 42.9 Å². The summed E-state index contributed by atoms with van der Waals surface area (Å²) in [5.41, 5.74) is 1.63. The number of fused-ring (bicyclic) bond motifs is 1. The number of benzene rings is 1. The second kappa shape index (κ2) is 6.94. The molecule has 0 spiro atoms. The number of hydrogen-bond acceptors (Lipinski definition) is 5. The zero-order valence-corrected chi connectivity index (χ0v) is 13.0. The predicted octanol–water partition coefficient (Wildman–Crippen LogP) is 1.66. The van der Waals surface area contributed by atoms with Crippen molar-refractivity contribution < 1.29 is 4.79 Å². The molecular formula is C16H13N5OS. The van der Waals surface area contributed by atoms with Gasteiger partial charge in [-0.1, -0.05) is 35.9 Å². The van der Waals surface area contributed by atoms with Crippen molar-refractivity contribution in [2.45, 2.75) is 5.03 Å². The SMILES string of the molecule is C#CCNC(=O)CSc1ncnc2c1cnn2-c1ccccc1. The predicted molar refractivity (Wildman–Crippen MR) is 89.2 cm³/mol. The molecule has 0 saturated heterocycles. The molecule has 0 radical (unpaired) electrons. The summed E-state index contributed by atoms with van der Waals surface area (Å²) < 4.78 is 1.75. The highest BCUT2D eigenvalue weighted by Gasteiger charge is 2.12. The van der Waals surface area contributed by atoms with Gasteiger partial charge in [-0.15, -0.1) is 6.42 Å². The maximum absolute atomic E-state index is 11.6. The van der Waals surface area contributed by atoms with Crippen molar-refractivity contribution in [3.8, 4) is 18.0 Å². The number of rotatable bonds is 5. The molecule has 114 valence electrons. The van der Waals surface area contributed by atoms with Gasteiger partial charge in [0.15, 0.2) is 5.65 Å². The summed E-state index contributed by atoms with van der Waals surface area (Å²) in [6.45, 7) is 0.227. The van der Waals surface area contributed by atoms with Gasteiger partial charge < -0.3 is 5.32 Å². The third-order valence-electron chi connectivity index (χ3n) is 3.06. The van der Waals surface area contributed by atoms with Crippen LogP contribution in [0.3, 0.4) is 0 Å². The lowest BCUT2D eigenvalue weighted by atomic mass is 10.3. The Balaban J connectivity index is 1.85. The van der Waals surface area contributed by atoms with Crippen LogP contribution in [0.4, 0.5) is 0 Å². The van der Waals surface area contributed by atoms with E-state index in [2.05, 4.69) is 26.3 Å². The quantitative estimate of drug-likeness (QED) is 0.439. The van der Waals surface area contributed by atoms with E-state index >= 15 is 0 Å². The third-order valence-corrected chi connectivity index (χ3v) is 4.06. The lowest BCUT2D eigenvalue weighted by Crippen LogP contribution is -2.25. The second-order valence-corrected chi connectivity index (χ2v) is 5.54. The van der Waals surface area contributed by atoms with Gasteiger partial charge in [0, 0.05) is 0 Å². The number of hydrogen-bond donors (Lipinski definition) is 1. The Hall–Kier alpha value is -2.85. The van der Waals surface area contributed by atoms with Crippen LogP contribution in [0.1, 0.15) is 0 Å². The number of nitrogens with zero attached hydrogens (tertiary/aromatic N) is 4. The maximum atomic E-state index is 11.6. The standard InChI is InChI=1S/C16H13N5OS/c1-2-8-17-14(22)10-23-16-13-9-20-21(15(13)18-11-19-16)12-6-4-3-5-7-12/h1,3-7,9,11H,8,10H2,(H,17,22). The minimum atomic E-state index is -0.129. The topological polar surface area (TPSA) is 72.7 Å². The molecule has 6 nitrogen and oxygen atoms in total. The average Bonchev–Trinajstić information content (AvgIpc) is 3.03. The minimum Gasteiger partial charge on any atom is -0.344 e. The molecule has 0 fully saturated rings. The third kappa shape index (κ3) is 3.33. The molecule has 0 aliphatic heterocycles. The lowest BCUT2D eigenvalue weighted by molar-refractivity contribution is -0.118. The molecule has 0 bridgehead atoms. The van der Waals surface area contributed by atoms with Gasteiger partial charge in [-0.25, -0.2) is 14.6 Å². The van der Waals surface area contributed by atoms with E-state index in [1.54, 1.807) is 10.9 Å². The van der Waals surface area contributed by atoms with Crippen molar-refractivity contribution >= 4 is 28.7 Å². The smallest absolute Gasteiger partial charge is 0.231 e. The van der Waals surface area contributed by atoms with Gasteiger partial charge >= 0.3 is 0 Å². The highest BCUT2D eigenvalue weighted by molar-refractivity contribution is 8.00. The van der Waals surface area contributed by atoms with Gasteiger partial charge in [0.1, 0.15) is 11.4 Å².